The quantitative estimate of drug-likeness (QED) is 0.474. The number of ether oxygens (including phenoxy) is 1. The largest absolute Gasteiger partial charge is 0.476 e. The highest BCUT2D eigenvalue weighted by molar-refractivity contribution is 5.87. The first-order valence-electron chi connectivity index (χ1n) is 5.92. The number of nitrogens with zero attached hydrogens (tertiary/aromatic N) is 4. The summed E-state index contributed by atoms with van der Waals surface area (Å²) in [5.41, 5.74) is 0.822. The van der Waals surface area contributed by atoms with Crippen LogP contribution in [0.5, 0.6) is 5.88 Å². The zero-order chi connectivity index (χ0) is 14.4. The molecule has 0 radical (unpaired) electrons. The first kappa shape index (κ1) is 13.6. The molecule has 7 heteroatoms. The first-order chi connectivity index (χ1) is 9.72. The molecule has 20 heavy (non-hydrogen) atoms. The van der Waals surface area contributed by atoms with Gasteiger partial charge in [-0.2, -0.15) is 4.98 Å². The molecule has 1 heterocycles. The van der Waals surface area contributed by atoms with E-state index in [4.69, 9.17) is 4.74 Å². The van der Waals surface area contributed by atoms with Crippen LogP contribution in [0.3, 0.4) is 0 Å². The van der Waals surface area contributed by atoms with E-state index in [1.165, 1.54) is 24.8 Å². The molecule has 0 saturated heterocycles. The van der Waals surface area contributed by atoms with Crippen molar-refractivity contribution in [2.24, 2.45) is 4.99 Å². The van der Waals surface area contributed by atoms with E-state index in [1.54, 1.807) is 18.2 Å². The molecule has 0 atom stereocenters. The number of aromatic nitrogens is 2. The van der Waals surface area contributed by atoms with Crippen molar-refractivity contribution in [2.45, 2.75) is 6.92 Å². The number of nitro benzene ring substituents is 1. The van der Waals surface area contributed by atoms with Crippen LogP contribution in [0.4, 0.5) is 11.4 Å². The van der Waals surface area contributed by atoms with Crippen LogP contribution in [0.15, 0.2) is 41.8 Å². The van der Waals surface area contributed by atoms with Crippen molar-refractivity contribution in [1.82, 2.24) is 9.97 Å². The fraction of sp³-hybridized carbons (Fsp3) is 0.154. The number of para-hydroxylation sites is 1. The number of hydrogen-bond acceptors (Lipinski definition) is 6. The fourth-order valence-electron chi connectivity index (χ4n) is 1.55. The lowest BCUT2D eigenvalue weighted by Gasteiger charge is -2.03. The smallest absolute Gasteiger partial charge is 0.278 e. The molecule has 0 amide bonds. The zero-order valence-electron chi connectivity index (χ0n) is 10.8. The molecule has 0 aliphatic rings. The molecule has 0 saturated carbocycles. The Bertz CT molecular complexity index is 643. The molecule has 0 unspecified atom stereocenters. The maximum Gasteiger partial charge on any atom is 0.278 e. The fourth-order valence-corrected chi connectivity index (χ4v) is 1.55. The summed E-state index contributed by atoms with van der Waals surface area (Å²) in [5.74, 6) is 0.345. The molecule has 2 rings (SSSR count). The lowest BCUT2D eigenvalue weighted by atomic mass is 10.2. The van der Waals surface area contributed by atoms with E-state index in [2.05, 4.69) is 15.0 Å². The van der Waals surface area contributed by atoms with Crippen molar-refractivity contribution < 1.29 is 9.66 Å². The van der Waals surface area contributed by atoms with Gasteiger partial charge in [0.05, 0.1) is 23.3 Å². The number of hydrogen-bond donors (Lipinski definition) is 0. The highest BCUT2D eigenvalue weighted by Gasteiger charge is 2.10. The monoisotopic (exact) mass is 272 g/mol. The van der Waals surface area contributed by atoms with E-state index in [9.17, 15) is 10.1 Å². The van der Waals surface area contributed by atoms with Gasteiger partial charge in [0.1, 0.15) is 12.0 Å². The third kappa shape index (κ3) is 3.14. The van der Waals surface area contributed by atoms with Gasteiger partial charge in [-0.15, -0.1) is 0 Å². The van der Waals surface area contributed by atoms with Gasteiger partial charge in [0.2, 0.25) is 5.88 Å². The van der Waals surface area contributed by atoms with E-state index in [0.717, 1.165) is 0 Å². The van der Waals surface area contributed by atoms with Gasteiger partial charge in [0.15, 0.2) is 0 Å². The van der Waals surface area contributed by atoms with E-state index in [1.807, 2.05) is 6.92 Å². The number of benzene rings is 1. The molecule has 2 aromatic rings. The Morgan fingerprint density at radius 1 is 1.45 bits per heavy atom. The predicted molar refractivity (Wildman–Crippen MR) is 73.6 cm³/mol. The Balaban J connectivity index is 2.33. The van der Waals surface area contributed by atoms with Crippen LogP contribution >= 0.6 is 0 Å². The molecular weight excluding hydrogens is 260 g/mol. The van der Waals surface area contributed by atoms with E-state index in [-0.39, 0.29) is 5.69 Å². The van der Waals surface area contributed by atoms with Crippen molar-refractivity contribution >= 4 is 17.6 Å². The Morgan fingerprint density at radius 2 is 2.25 bits per heavy atom. The molecule has 102 valence electrons. The van der Waals surface area contributed by atoms with Gasteiger partial charge in [-0.05, 0) is 13.0 Å². The summed E-state index contributed by atoms with van der Waals surface area (Å²) < 4.78 is 5.30. The van der Waals surface area contributed by atoms with Gasteiger partial charge in [0.25, 0.3) is 5.69 Å². The number of aliphatic imine (C=N–C) groups is 1. The van der Waals surface area contributed by atoms with Crippen LogP contribution in [-0.2, 0) is 0 Å². The SMILES string of the molecule is CCOc1ncncc1N=Cc1ccccc1[N+](=O)[O-]. The minimum absolute atomic E-state index is 0.00828. The molecule has 0 aliphatic carbocycles. The second-order valence-corrected chi connectivity index (χ2v) is 3.72. The molecule has 1 aromatic heterocycles. The van der Waals surface area contributed by atoms with E-state index >= 15 is 0 Å². The third-order valence-corrected chi connectivity index (χ3v) is 2.41. The highest BCUT2D eigenvalue weighted by Crippen LogP contribution is 2.23. The maximum atomic E-state index is 10.9. The van der Waals surface area contributed by atoms with Crippen LogP contribution in [0.25, 0.3) is 0 Å². The second-order valence-electron chi connectivity index (χ2n) is 3.72. The second kappa shape index (κ2) is 6.37. The maximum absolute atomic E-state index is 10.9. The summed E-state index contributed by atoms with van der Waals surface area (Å²) in [5, 5.41) is 10.9. The molecule has 0 aliphatic heterocycles. The van der Waals surface area contributed by atoms with Crippen molar-refractivity contribution in [3.8, 4) is 5.88 Å². The molecule has 0 spiro atoms. The average molecular weight is 272 g/mol. The van der Waals surface area contributed by atoms with Crippen molar-refractivity contribution in [1.29, 1.82) is 0 Å². The minimum atomic E-state index is -0.452. The molecule has 0 bridgehead atoms. The summed E-state index contributed by atoms with van der Waals surface area (Å²) in [6.45, 7) is 2.28. The van der Waals surface area contributed by atoms with Gasteiger partial charge < -0.3 is 4.74 Å². The topological polar surface area (TPSA) is 90.5 Å². The summed E-state index contributed by atoms with van der Waals surface area (Å²) in [4.78, 5) is 22.4. The van der Waals surface area contributed by atoms with Crippen molar-refractivity contribution in [3.05, 3.63) is 52.5 Å². The molecule has 0 N–H and O–H groups in total. The van der Waals surface area contributed by atoms with Crippen LogP contribution < -0.4 is 4.74 Å². The lowest BCUT2D eigenvalue weighted by molar-refractivity contribution is -0.385. The Morgan fingerprint density at radius 3 is 3.00 bits per heavy atom. The summed E-state index contributed by atoms with van der Waals surface area (Å²) >= 11 is 0. The summed E-state index contributed by atoms with van der Waals surface area (Å²) in [6, 6.07) is 6.35. The van der Waals surface area contributed by atoms with Crippen LogP contribution in [0.1, 0.15) is 12.5 Å². The summed E-state index contributed by atoms with van der Waals surface area (Å²) in [7, 11) is 0. The molecular formula is C13H12N4O3. The van der Waals surface area contributed by atoms with Crippen LogP contribution in [-0.4, -0.2) is 27.7 Å². The van der Waals surface area contributed by atoms with Crippen molar-refractivity contribution in [2.75, 3.05) is 6.61 Å². The van der Waals surface area contributed by atoms with Gasteiger partial charge >= 0.3 is 0 Å². The Kier molecular flexibility index (Phi) is 4.33. The molecule has 1 aromatic carbocycles. The van der Waals surface area contributed by atoms with Gasteiger partial charge in [-0.1, -0.05) is 12.1 Å². The van der Waals surface area contributed by atoms with Gasteiger partial charge in [0, 0.05) is 12.3 Å². The predicted octanol–water partition coefficient (Wildman–Crippen LogP) is 2.53. The number of rotatable bonds is 5. The Hall–Kier alpha value is -2.83. The zero-order valence-corrected chi connectivity index (χ0v) is 10.8. The Labute approximate surface area is 115 Å². The summed E-state index contributed by atoms with van der Waals surface area (Å²) in [6.07, 6.45) is 4.25. The third-order valence-electron chi connectivity index (χ3n) is 2.41. The lowest BCUT2D eigenvalue weighted by Crippen LogP contribution is -1.96. The van der Waals surface area contributed by atoms with E-state index in [0.29, 0.717) is 23.7 Å². The van der Waals surface area contributed by atoms with Crippen LogP contribution in [0.2, 0.25) is 0 Å². The standard InChI is InChI=1S/C13H12N4O3/c1-2-20-13-11(8-14-9-16-13)15-7-10-5-3-4-6-12(10)17(18)19/h3-9H,2H2,1H3. The van der Waals surface area contributed by atoms with Gasteiger partial charge in [-0.3, -0.25) is 10.1 Å². The van der Waals surface area contributed by atoms with Gasteiger partial charge in [-0.25, -0.2) is 9.98 Å². The highest BCUT2D eigenvalue weighted by atomic mass is 16.6. The van der Waals surface area contributed by atoms with Crippen molar-refractivity contribution in [3.63, 3.8) is 0 Å². The molecule has 0 fully saturated rings. The molecule has 7 nitrogen and oxygen atoms in total. The minimum Gasteiger partial charge on any atom is -0.476 e. The average Bonchev–Trinajstić information content (AvgIpc) is 2.47. The van der Waals surface area contributed by atoms with E-state index < -0.39 is 4.92 Å². The van der Waals surface area contributed by atoms with Crippen LogP contribution in [0, 0.1) is 10.1 Å². The number of nitro groups is 1. The first-order valence-corrected chi connectivity index (χ1v) is 5.92. The normalized spacial score (nSPS) is 10.7.